The van der Waals surface area contributed by atoms with Crippen LogP contribution >= 0.6 is 11.6 Å². The first-order chi connectivity index (χ1) is 14.4. The molecule has 0 aliphatic carbocycles. The summed E-state index contributed by atoms with van der Waals surface area (Å²) in [6.07, 6.45) is 0.921. The van der Waals surface area contributed by atoms with Crippen LogP contribution in [0.15, 0.2) is 42.5 Å². The molecule has 1 aliphatic rings. The number of halogens is 1. The number of carbonyl (C=O) groups is 1. The summed E-state index contributed by atoms with van der Waals surface area (Å²) >= 11 is 5.81. The van der Waals surface area contributed by atoms with E-state index in [1.54, 1.807) is 0 Å². The van der Waals surface area contributed by atoms with E-state index in [4.69, 9.17) is 16.9 Å². The second kappa shape index (κ2) is 10.2. The summed E-state index contributed by atoms with van der Waals surface area (Å²) in [6, 6.07) is 13.9. The maximum atomic E-state index is 12.4. The lowest BCUT2D eigenvalue weighted by atomic mass is 10.1. The fraction of sp³-hybridized carbons (Fsp3) is 0.333. The zero-order valence-corrected chi connectivity index (χ0v) is 17.1. The molecular formula is C21H22ClN5O3. The molecule has 8 nitrogen and oxygen atoms in total. The van der Waals surface area contributed by atoms with Crippen molar-refractivity contribution in [1.82, 2.24) is 9.80 Å². The van der Waals surface area contributed by atoms with Crippen LogP contribution in [0.5, 0.6) is 0 Å². The van der Waals surface area contributed by atoms with E-state index in [0.717, 1.165) is 44.7 Å². The molecule has 0 saturated carbocycles. The van der Waals surface area contributed by atoms with E-state index in [2.05, 4.69) is 21.2 Å². The summed E-state index contributed by atoms with van der Waals surface area (Å²) in [5.74, 6) is -0.291. The molecule has 1 amide bonds. The second-order valence-electron chi connectivity index (χ2n) is 7.18. The van der Waals surface area contributed by atoms with Gasteiger partial charge in [0.05, 0.1) is 23.1 Å². The molecule has 2 aromatic rings. The highest BCUT2D eigenvalue weighted by molar-refractivity contribution is 6.31. The number of nitriles is 1. The van der Waals surface area contributed by atoms with Crippen LogP contribution in [-0.2, 0) is 11.3 Å². The van der Waals surface area contributed by atoms with Crippen molar-refractivity contribution in [2.75, 3.05) is 38.0 Å². The van der Waals surface area contributed by atoms with Crippen molar-refractivity contribution >= 4 is 28.9 Å². The number of nitrogens with one attached hydrogen (secondary N) is 1. The van der Waals surface area contributed by atoms with Crippen LogP contribution in [0.1, 0.15) is 17.5 Å². The van der Waals surface area contributed by atoms with Gasteiger partial charge in [0.15, 0.2) is 0 Å². The number of nitro groups is 1. The number of carbonyl (C=O) groups excluding carboxylic acids is 1. The zero-order valence-electron chi connectivity index (χ0n) is 16.4. The molecule has 0 radical (unpaired) electrons. The van der Waals surface area contributed by atoms with E-state index in [1.807, 2.05) is 24.3 Å². The van der Waals surface area contributed by atoms with Gasteiger partial charge in [-0.2, -0.15) is 5.26 Å². The van der Waals surface area contributed by atoms with Crippen molar-refractivity contribution < 1.29 is 9.72 Å². The molecule has 9 heteroatoms. The van der Waals surface area contributed by atoms with E-state index in [1.165, 1.54) is 18.2 Å². The van der Waals surface area contributed by atoms with Gasteiger partial charge < -0.3 is 5.32 Å². The molecule has 1 saturated heterocycles. The number of nitro benzene ring substituents is 1. The van der Waals surface area contributed by atoms with Crippen LogP contribution in [0.4, 0.5) is 11.4 Å². The molecule has 156 valence electrons. The molecule has 0 aromatic heterocycles. The molecule has 0 atom stereocenters. The van der Waals surface area contributed by atoms with Crippen LogP contribution in [0.3, 0.4) is 0 Å². The summed E-state index contributed by atoms with van der Waals surface area (Å²) in [5.41, 5.74) is 1.72. The Bertz CT molecular complexity index is 958. The maximum absolute atomic E-state index is 12.4. The summed E-state index contributed by atoms with van der Waals surface area (Å²) in [5, 5.41) is 22.9. The van der Waals surface area contributed by atoms with Gasteiger partial charge in [0, 0.05) is 30.7 Å². The van der Waals surface area contributed by atoms with Crippen molar-refractivity contribution in [2.45, 2.75) is 13.0 Å². The fourth-order valence-corrected chi connectivity index (χ4v) is 3.60. The average Bonchev–Trinajstić information content (AvgIpc) is 2.94. The predicted molar refractivity (Wildman–Crippen MR) is 114 cm³/mol. The number of hydrogen-bond donors (Lipinski definition) is 1. The van der Waals surface area contributed by atoms with E-state index >= 15 is 0 Å². The van der Waals surface area contributed by atoms with Crippen LogP contribution < -0.4 is 5.32 Å². The fourth-order valence-electron chi connectivity index (χ4n) is 3.44. The maximum Gasteiger partial charge on any atom is 0.294 e. The Morgan fingerprint density at radius 3 is 2.53 bits per heavy atom. The summed E-state index contributed by atoms with van der Waals surface area (Å²) < 4.78 is 0. The largest absolute Gasteiger partial charge is 0.319 e. The Morgan fingerprint density at radius 2 is 1.83 bits per heavy atom. The molecule has 30 heavy (non-hydrogen) atoms. The minimum Gasteiger partial charge on any atom is -0.319 e. The van der Waals surface area contributed by atoms with Gasteiger partial charge in [-0.1, -0.05) is 23.7 Å². The first-order valence-electron chi connectivity index (χ1n) is 9.62. The highest BCUT2D eigenvalue weighted by atomic mass is 35.5. The van der Waals surface area contributed by atoms with Crippen molar-refractivity contribution in [3.05, 3.63) is 68.7 Å². The molecular weight excluding hydrogens is 406 g/mol. The lowest BCUT2D eigenvalue weighted by molar-refractivity contribution is -0.383. The number of hydrogen-bond acceptors (Lipinski definition) is 6. The van der Waals surface area contributed by atoms with Gasteiger partial charge in [0.1, 0.15) is 5.69 Å². The van der Waals surface area contributed by atoms with E-state index in [0.29, 0.717) is 5.56 Å². The normalized spacial score (nSPS) is 15.2. The Hall–Kier alpha value is -2.99. The number of rotatable bonds is 6. The van der Waals surface area contributed by atoms with Gasteiger partial charge in [-0.05, 0) is 49.3 Å². The highest BCUT2D eigenvalue weighted by Gasteiger charge is 2.20. The molecule has 0 unspecified atom stereocenters. The molecule has 0 spiro atoms. The van der Waals surface area contributed by atoms with Gasteiger partial charge in [0.25, 0.3) is 5.69 Å². The number of benzene rings is 2. The lowest BCUT2D eigenvalue weighted by Crippen LogP contribution is -2.36. The SMILES string of the molecule is N#Cc1ccc(CN2CCCN(CC(=O)Nc3ccc(Cl)cc3[N+](=O)[O-])CC2)cc1. The van der Waals surface area contributed by atoms with Gasteiger partial charge in [0.2, 0.25) is 5.91 Å². The minimum atomic E-state index is -0.561. The third-order valence-corrected chi connectivity index (χ3v) is 5.20. The van der Waals surface area contributed by atoms with Crippen LogP contribution in [-0.4, -0.2) is 53.4 Å². The molecule has 3 rings (SSSR count). The van der Waals surface area contributed by atoms with Gasteiger partial charge >= 0.3 is 0 Å². The number of nitrogens with zero attached hydrogens (tertiary/aromatic N) is 4. The average molecular weight is 428 g/mol. The van der Waals surface area contributed by atoms with Crippen molar-refractivity contribution in [1.29, 1.82) is 5.26 Å². The number of amides is 1. The quantitative estimate of drug-likeness (QED) is 0.560. The molecule has 1 N–H and O–H groups in total. The molecule has 1 fully saturated rings. The second-order valence-corrected chi connectivity index (χ2v) is 7.62. The first-order valence-corrected chi connectivity index (χ1v) is 10.00. The van der Waals surface area contributed by atoms with Crippen molar-refractivity contribution in [2.24, 2.45) is 0 Å². The molecule has 2 aromatic carbocycles. The van der Waals surface area contributed by atoms with Gasteiger partial charge in [-0.25, -0.2) is 0 Å². The Balaban J connectivity index is 1.52. The molecule has 0 bridgehead atoms. The van der Waals surface area contributed by atoms with Gasteiger partial charge in [-0.15, -0.1) is 0 Å². The topological polar surface area (TPSA) is 103 Å². The smallest absolute Gasteiger partial charge is 0.294 e. The molecule has 1 heterocycles. The minimum absolute atomic E-state index is 0.145. The standard InChI is InChI=1S/C21H22ClN5O3/c22-18-6-7-19(20(12-18)27(29)30)24-21(28)15-26-9-1-8-25(10-11-26)14-17-4-2-16(13-23)3-5-17/h2-7,12H,1,8-11,14-15H2,(H,24,28). The summed E-state index contributed by atoms with van der Waals surface area (Å²) in [7, 11) is 0. The number of anilines is 1. The van der Waals surface area contributed by atoms with Crippen molar-refractivity contribution in [3.8, 4) is 6.07 Å². The monoisotopic (exact) mass is 427 g/mol. The first kappa shape index (κ1) is 21.7. The molecule has 1 aliphatic heterocycles. The van der Waals surface area contributed by atoms with E-state index in [-0.39, 0.29) is 28.8 Å². The lowest BCUT2D eigenvalue weighted by Gasteiger charge is -2.21. The third kappa shape index (κ3) is 6.00. The van der Waals surface area contributed by atoms with Gasteiger partial charge in [-0.3, -0.25) is 24.7 Å². The van der Waals surface area contributed by atoms with Crippen LogP contribution in [0.25, 0.3) is 0 Å². The summed E-state index contributed by atoms with van der Waals surface area (Å²) in [6.45, 7) is 4.20. The van der Waals surface area contributed by atoms with Crippen molar-refractivity contribution in [3.63, 3.8) is 0 Å². The summed E-state index contributed by atoms with van der Waals surface area (Å²) in [4.78, 5) is 27.4. The van der Waals surface area contributed by atoms with E-state index in [9.17, 15) is 14.9 Å². The van der Waals surface area contributed by atoms with Crippen LogP contribution in [0, 0.1) is 21.4 Å². The third-order valence-electron chi connectivity index (χ3n) is 4.97. The Morgan fingerprint density at radius 1 is 1.13 bits per heavy atom. The highest BCUT2D eigenvalue weighted by Crippen LogP contribution is 2.27. The van der Waals surface area contributed by atoms with Crippen LogP contribution in [0.2, 0.25) is 5.02 Å². The zero-order chi connectivity index (χ0) is 21.5. The Kier molecular flexibility index (Phi) is 7.36. The predicted octanol–water partition coefficient (Wildman–Crippen LogP) is 3.27. The van der Waals surface area contributed by atoms with E-state index < -0.39 is 4.92 Å². The Labute approximate surface area is 179 Å².